The van der Waals surface area contributed by atoms with Gasteiger partial charge in [-0.25, -0.2) is 4.79 Å². The molecule has 6 nitrogen and oxygen atoms in total. The lowest BCUT2D eigenvalue weighted by Gasteiger charge is -2.42. The summed E-state index contributed by atoms with van der Waals surface area (Å²) in [6.07, 6.45) is 1.06. The molecule has 0 saturated carbocycles. The first-order valence-electron chi connectivity index (χ1n) is 4.73. The first kappa shape index (κ1) is 11.5. The molecule has 2 atom stereocenters. The molecule has 1 rings (SSSR count). The molecule has 1 heterocycles. The molecule has 0 aromatic carbocycles. The van der Waals surface area contributed by atoms with Crippen molar-refractivity contribution in [3.63, 3.8) is 0 Å². The summed E-state index contributed by atoms with van der Waals surface area (Å²) in [5.41, 5.74) is 4.94. The standard InChI is InChI=1S/C9H14N2O4/c1-11-7(9(14)15)5(8(11)13)3-2-4-6(10)12/h5,7H,2-4H2,1H3,(H2,10,12)(H,14,15). The second-order valence-electron chi connectivity index (χ2n) is 3.70. The second kappa shape index (κ2) is 4.29. The van der Waals surface area contributed by atoms with Crippen molar-refractivity contribution in [2.75, 3.05) is 7.05 Å². The average Bonchev–Trinajstić information content (AvgIpc) is 2.14. The first-order valence-corrected chi connectivity index (χ1v) is 4.73. The van der Waals surface area contributed by atoms with Gasteiger partial charge in [0.2, 0.25) is 11.8 Å². The first-order chi connectivity index (χ1) is 6.95. The molecule has 0 spiro atoms. The number of likely N-dealkylation sites (N-methyl/N-ethyl adjacent to an activating group) is 1. The normalized spacial score (nSPS) is 24.9. The Bertz CT molecular complexity index is 302. The van der Waals surface area contributed by atoms with Gasteiger partial charge >= 0.3 is 5.97 Å². The Labute approximate surface area is 87.0 Å². The van der Waals surface area contributed by atoms with E-state index in [0.29, 0.717) is 12.8 Å². The quantitative estimate of drug-likeness (QED) is 0.584. The number of nitrogens with zero attached hydrogens (tertiary/aromatic N) is 1. The fourth-order valence-electron chi connectivity index (χ4n) is 1.84. The Morgan fingerprint density at radius 2 is 2.13 bits per heavy atom. The number of aliphatic carboxylic acids is 1. The number of primary amides is 1. The summed E-state index contributed by atoms with van der Waals surface area (Å²) in [6.45, 7) is 0. The SMILES string of the molecule is CN1C(=O)C(CCCC(N)=O)C1C(=O)O. The second-order valence-corrected chi connectivity index (χ2v) is 3.70. The van der Waals surface area contributed by atoms with E-state index in [1.165, 1.54) is 11.9 Å². The third-order valence-corrected chi connectivity index (χ3v) is 2.65. The Kier molecular flexibility index (Phi) is 3.28. The van der Waals surface area contributed by atoms with E-state index in [2.05, 4.69) is 0 Å². The van der Waals surface area contributed by atoms with Gasteiger partial charge in [-0.2, -0.15) is 0 Å². The van der Waals surface area contributed by atoms with Gasteiger partial charge in [-0.15, -0.1) is 0 Å². The van der Waals surface area contributed by atoms with Crippen LogP contribution < -0.4 is 5.73 Å². The highest BCUT2D eigenvalue weighted by molar-refractivity contribution is 5.96. The molecule has 0 aliphatic carbocycles. The maximum atomic E-state index is 11.3. The van der Waals surface area contributed by atoms with Gasteiger partial charge in [-0.05, 0) is 12.8 Å². The number of hydrogen-bond acceptors (Lipinski definition) is 3. The summed E-state index contributed by atoms with van der Waals surface area (Å²) in [5.74, 6) is -2.10. The molecule has 0 aromatic heterocycles. The zero-order chi connectivity index (χ0) is 11.6. The number of rotatable bonds is 5. The van der Waals surface area contributed by atoms with E-state index < -0.39 is 23.8 Å². The zero-order valence-electron chi connectivity index (χ0n) is 8.47. The van der Waals surface area contributed by atoms with Crippen LogP contribution in [-0.2, 0) is 14.4 Å². The van der Waals surface area contributed by atoms with Gasteiger partial charge in [0.25, 0.3) is 0 Å². The fourth-order valence-corrected chi connectivity index (χ4v) is 1.84. The van der Waals surface area contributed by atoms with Crippen molar-refractivity contribution in [1.82, 2.24) is 4.90 Å². The van der Waals surface area contributed by atoms with Gasteiger partial charge in [0, 0.05) is 13.5 Å². The highest BCUT2D eigenvalue weighted by Crippen LogP contribution is 2.29. The molecule has 1 fully saturated rings. The summed E-state index contributed by atoms with van der Waals surface area (Å²) < 4.78 is 0. The van der Waals surface area contributed by atoms with Crippen molar-refractivity contribution >= 4 is 17.8 Å². The molecular formula is C9H14N2O4. The number of nitrogens with two attached hydrogens (primary N) is 1. The van der Waals surface area contributed by atoms with Crippen LogP contribution in [-0.4, -0.2) is 40.9 Å². The van der Waals surface area contributed by atoms with Gasteiger partial charge in [0.1, 0.15) is 6.04 Å². The van der Waals surface area contributed by atoms with Gasteiger partial charge in [0.05, 0.1) is 5.92 Å². The number of carbonyl (C=O) groups is 3. The molecule has 1 saturated heterocycles. The summed E-state index contributed by atoms with van der Waals surface area (Å²) >= 11 is 0. The van der Waals surface area contributed by atoms with Gasteiger partial charge in [-0.1, -0.05) is 0 Å². The lowest BCUT2D eigenvalue weighted by atomic mass is 9.84. The Balaban J connectivity index is 2.44. The van der Waals surface area contributed by atoms with Crippen LogP contribution in [0.2, 0.25) is 0 Å². The van der Waals surface area contributed by atoms with Crippen molar-refractivity contribution in [2.45, 2.75) is 25.3 Å². The van der Waals surface area contributed by atoms with E-state index in [9.17, 15) is 14.4 Å². The van der Waals surface area contributed by atoms with Gasteiger partial charge < -0.3 is 15.7 Å². The van der Waals surface area contributed by atoms with Crippen molar-refractivity contribution in [3.05, 3.63) is 0 Å². The number of likely N-dealkylation sites (tertiary alicyclic amines) is 1. The molecule has 15 heavy (non-hydrogen) atoms. The van der Waals surface area contributed by atoms with E-state index >= 15 is 0 Å². The van der Waals surface area contributed by atoms with Crippen LogP contribution in [0.5, 0.6) is 0 Å². The predicted molar refractivity (Wildman–Crippen MR) is 50.7 cm³/mol. The van der Waals surface area contributed by atoms with Crippen LogP contribution in [0, 0.1) is 5.92 Å². The lowest BCUT2D eigenvalue weighted by Crippen LogP contribution is -2.62. The van der Waals surface area contributed by atoms with E-state index in [4.69, 9.17) is 10.8 Å². The number of carboxylic acids is 1. The summed E-state index contributed by atoms with van der Waals surface area (Å²) in [6, 6.07) is -0.745. The van der Waals surface area contributed by atoms with E-state index in [1.54, 1.807) is 0 Å². The van der Waals surface area contributed by atoms with Crippen LogP contribution >= 0.6 is 0 Å². The summed E-state index contributed by atoms with van der Waals surface area (Å²) in [5, 5.41) is 8.81. The minimum absolute atomic E-state index is 0.174. The van der Waals surface area contributed by atoms with Crippen LogP contribution in [0.25, 0.3) is 0 Å². The number of amides is 2. The van der Waals surface area contributed by atoms with Crippen molar-refractivity contribution < 1.29 is 19.5 Å². The molecule has 1 aliphatic rings. The average molecular weight is 214 g/mol. The minimum Gasteiger partial charge on any atom is -0.480 e. The molecule has 84 valence electrons. The van der Waals surface area contributed by atoms with Crippen LogP contribution in [0.15, 0.2) is 0 Å². The molecule has 2 unspecified atom stereocenters. The predicted octanol–water partition coefficient (Wildman–Crippen LogP) is -0.817. The number of carboxylic acid groups (broad SMARTS) is 1. The van der Waals surface area contributed by atoms with E-state index in [1.807, 2.05) is 0 Å². The third-order valence-electron chi connectivity index (χ3n) is 2.65. The Morgan fingerprint density at radius 3 is 2.60 bits per heavy atom. The van der Waals surface area contributed by atoms with Gasteiger partial charge in [0.15, 0.2) is 0 Å². The molecule has 3 N–H and O–H groups in total. The van der Waals surface area contributed by atoms with Crippen LogP contribution in [0.3, 0.4) is 0 Å². The molecule has 0 bridgehead atoms. The smallest absolute Gasteiger partial charge is 0.327 e. The van der Waals surface area contributed by atoms with Crippen LogP contribution in [0.1, 0.15) is 19.3 Å². The highest BCUT2D eigenvalue weighted by Gasteiger charge is 2.48. The lowest BCUT2D eigenvalue weighted by molar-refractivity contribution is -0.169. The largest absolute Gasteiger partial charge is 0.480 e. The van der Waals surface area contributed by atoms with Crippen molar-refractivity contribution in [1.29, 1.82) is 0 Å². The number of β-lactam (4-membered cyclic amide) rings is 1. The molecule has 6 heteroatoms. The van der Waals surface area contributed by atoms with Crippen molar-refractivity contribution in [3.8, 4) is 0 Å². The summed E-state index contributed by atoms with van der Waals surface area (Å²) in [4.78, 5) is 33.7. The topological polar surface area (TPSA) is 101 Å². The molecular weight excluding hydrogens is 200 g/mol. The molecule has 0 radical (unpaired) electrons. The minimum atomic E-state index is -0.999. The highest BCUT2D eigenvalue weighted by atomic mass is 16.4. The molecule has 1 aliphatic heterocycles. The van der Waals surface area contributed by atoms with Gasteiger partial charge in [-0.3, -0.25) is 9.59 Å². The monoisotopic (exact) mass is 214 g/mol. The maximum Gasteiger partial charge on any atom is 0.327 e. The molecule has 0 aromatic rings. The fraction of sp³-hybridized carbons (Fsp3) is 0.667. The summed E-state index contributed by atoms with van der Waals surface area (Å²) in [7, 11) is 1.46. The third kappa shape index (κ3) is 2.26. The van der Waals surface area contributed by atoms with Crippen LogP contribution in [0.4, 0.5) is 0 Å². The Hall–Kier alpha value is -1.59. The van der Waals surface area contributed by atoms with E-state index in [-0.39, 0.29) is 12.3 Å². The zero-order valence-corrected chi connectivity index (χ0v) is 8.47. The maximum absolute atomic E-state index is 11.3. The Morgan fingerprint density at radius 1 is 1.53 bits per heavy atom. The van der Waals surface area contributed by atoms with Crippen molar-refractivity contribution in [2.24, 2.45) is 11.7 Å². The molecule has 2 amide bonds. The number of carbonyl (C=O) groups excluding carboxylic acids is 2. The number of hydrogen-bond donors (Lipinski definition) is 2. The van der Waals surface area contributed by atoms with E-state index in [0.717, 1.165) is 0 Å².